The van der Waals surface area contributed by atoms with Crippen LogP contribution in [0.4, 0.5) is 18.9 Å². The van der Waals surface area contributed by atoms with E-state index in [2.05, 4.69) is 19.2 Å². The van der Waals surface area contributed by atoms with Crippen LogP contribution in [-0.2, 0) is 16.0 Å². The first-order chi connectivity index (χ1) is 10.2. The SMILES string of the molecule is CCOC(=O)Cc1ncc([N+](=O)[O-])c(OC)c1OC(F)(F)F. The van der Waals surface area contributed by atoms with E-state index in [4.69, 9.17) is 0 Å². The highest BCUT2D eigenvalue weighted by Crippen LogP contribution is 2.41. The Balaban J connectivity index is 3.36. The second kappa shape index (κ2) is 6.91. The lowest BCUT2D eigenvalue weighted by molar-refractivity contribution is -0.386. The monoisotopic (exact) mass is 324 g/mol. The summed E-state index contributed by atoms with van der Waals surface area (Å²) < 4.78 is 50.3. The fraction of sp³-hybridized carbons (Fsp3) is 0.455. The molecule has 0 fully saturated rings. The number of hydrogen-bond donors (Lipinski definition) is 0. The number of halogens is 3. The highest BCUT2D eigenvalue weighted by atomic mass is 19.4. The number of methoxy groups -OCH3 is 1. The number of carbonyl (C=O) groups is 1. The Morgan fingerprint density at radius 2 is 2.05 bits per heavy atom. The van der Waals surface area contributed by atoms with Gasteiger partial charge in [-0.1, -0.05) is 0 Å². The molecule has 0 amide bonds. The van der Waals surface area contributed by atoms with Crippen molar-refractivity contribution in [3.8, 4) is 11.5 Å². The summed E-state index contributed by atoms with van der Waals surface area (Å²) in [6.45, 7) is 1.52. The molecule has 0 unspecified atom stereocenters. The normalized spacial score (nSPS) is 11.0. The number of aromatic nitrogens is 1. The van der Waals surface area contributed by atoms with E-state index in [0.29, 0.717) is 6.20 Å². The van der Waals surface area contributed by atoms with Gasteiger partial charge in [-0.15, -0.1) is 13.2 Å². The average Bonchev–Trinajstić information content (AvgIpc) is 2.38. The molecule has 0 aliphatic heterocycles. The Morgan fingerprint density at radius 1 is 1.41 bits per heavy atom. The lowest BCUT2D eigenvalue weighted by Crippen LogP contribution is -2.20. The molecule has 1 heterocycles. The van der Waals surface area contributed by atoms with E-state index in [-0.39, 0.29) is 6.61 Å². The zero-order chi connectivity index (χ0) is 16.9. The Labute approximate surface area is 121 Å². The van der Waals surface area contributed by atoms with Gasteiger partial charge in [-0.2, -0.15) is 0 Å². The zero-order valence-electron chi connectivity index (χ0n) is 11.5. The van der Waals surface area contributed by atoms with Gasteiger partial charge < -0.3 is 14.2 Å². The number of alkyl halides is 3. The predicted molar refractivity (Wildman–Crippen MR) is 64.5 cm³/mol. The third-order valence-corrected chi connectivity index (χ3v) is 2.28. The smallest absolute Gasteiger partial charge is 0.487 e. The molecule has 1 aromatic heterocycles. The van der Waals surface area contributed by atoms with Crippen LogP contribution in [0.1, 0.15) is 12.6 Å². The lowest BCUT2D eigenvalue weighted by Gasteiger charge is -2.15. The van der Waals surface area contributed by atoms with Crippen molar-refractivity contribution in [2.24, 2.45) is 0 Å². The summed E-state index contributed by atoms with van der Waals surface area (Å²) in [4.78, 5) is 24.7. The summed E-state index contributed by atoms with van der Waals surface area (Å²) in [6.07, 6.45) is -5.13. The van der Waals surface area contributed by atoms with Gasteiger partial charge in [0, 0.05) is 0 Å². The maximum atomic E-state index is 12.5. The van der Waals surface area contributed by atoms with Crippen molar-refractivity contribution in [3.63, 3.8) is 0 Å². The molecule has 0 aromatic carbocycles. The van der Waals surface area contributed by atoms with E-state index >= 15 is 0 Å². The summed E-state index contributed by atoms with van der Waals surface area (Å²) in [5, 5.41) is 10.8. The molecular formula is C11H11F3N2O6. The summed E-state index contributed by atoms with van der Waals surface area (Å²) in [6, 6.07) is 0. The van der Waals surface area contributed by atoms with Crippen LogP contribution in [-0.4, -0.2) is 36.0 Å². The zero-order valence-corrected chi connectivity index (χ0v) is 11.5. The number of esters is 1. The molecule has 0 radical (unpaired) electrons. The maximum Gasteiger partial charge on any atom is 0.573 e. The van der Waals surface area contributed by atoms with Gasteiger partial charge in [-0.05, 0) is 6.92 Å². The van der Waals surface area contributed by atoms with Crippen LogP contribution < -0.4 is 9.47 Å². The molecule has 8 nitrogen and oxygen atoms in total. The van der Waals surface area contributed by atoms with Gasteiger partial charge in [0.05, 0.1) is 30.8 Å². The molecule has 22 heavy (non-hydrogen) atoms. The van der Waals surface area contributed by atoms with Crippen LogP contribution >= 0.6 is 0 Å². The molecule has 0 aliphatic carbocycles. The number of ether oxygens (including phenoxy) is 3. The lowest BCUT2D eigenvalue weighted by atomic mass is 10.2. The average molecular weight is 324 g/mol. The summed E-state index contributed by atoms with van der Waals surface area (Å²) in [5.74, 6) is -2.69. The van der Waals surface area contributed by atoms with Gasteiger partial charge in [0.1, 0.15) is 6.20 Å². The summed E-state index contributed by atoms with van der Waals surface area (Å²) >= 11 is 0. The Bertz CT molecular complexity index is 576. The van der Waals surface area contributed by atoms with Gasteiger partial charge in [-0.3, -0.25) is 14.9 Å². The van der Waals surface area contributed by atoms with Crippen molar-refractivity contribution in [1.29, 1.82) is 0 Å². The number of hydrogen-bond acceptors (Lipinski definition) is 7. The standard InChI is InChI=1S/C11H11F3N2O6/c1-3-21-8(17)4-6-9(22-11(12,13)14)10(20-2)7(5-15-6)16(18)19/h5H,3-4H2,1-2H3. The maximum absolute atomic E-state index is 12.5. The minimum absolute atomic E-state index is 0.0123. The number of carbonyl (C=O) groups excluding carboxylic acids is 1. The third kappa shape index (κ3) is 4.46. The Morgan fingerprint density at radius 3 is 2.50 bits per heavy atom. The molecule has 0 saturated carbocycles. The Hall–Kier alpha value is -2.59. The number of pyridine rings is 1. The quantitative estimate of drug-likeness (QED) is 0.448. The van der Waals surface area contributed by atoms with Crippen molar-refractivity contribution in [2.45, 2.75) is 19.7 Å². The van der Waals surface area contributed by atoms with Crippen LogP contribution in [0.3, 0.4) is 0 Å². The number of rotatable bonds is 6. The summed E-state index contributed by atoms with van der Waals surface area (Å²) in [7, 11) is 0.930. The van der Waals surface area contributed by atoms with Crippen LogP contribution in [0.25, 0.3) is 0 Å². The first kappa shape index (κ1) is 17.5. The van der Waals surface area contributed by atoms with Gasteiger partial charge in [0.2, 0.25) is 11.5 Å². The van der Waals surface area contributed by atoms with E-state index in [9.17, 15) is 28.1 Å². The van der Waals surface area contributed by atoms with Gasteiger partial charge in [0.15, 0.2) is 0 Å². The fourth-order valence-electron chi connectivity index (χ4n) is 1.53. The van der Waals surface area contributed by atoms with Gasteiger partial charge in [0.25, 0.3) is 0 Å². The largest absolute Gasteiger partial charge is 0.573 e. The van der Waals surface area contributed by atoms with Crippen molar-refractivity contribution >= 4 is 11.7 Å². The molecule has 1 rings (SSSR count). The van der Waals surface area contributed by atoms with Crippen molar-refractivity contribution < 1.29 is 37.1 Å². The van der Waals surface area contributed by atoms with E-state index in [1.807, 2.05) is 0 Å². The minimum Gasteiger partial charge on any atom is -0.487 e. The predicted octanol–water partition coefficient (Wildman–Crippen LogP) is 2.00. The number of nitro groups is 1. The van der Waals surface area contributed by atoms with Crippen LogP contribution in [0, 0.1) is 10.1 Å². The van der Waals surface area contributed by atoms with E-state index in [0.717, 1.165) is 7.11 Å². The first-order valence-corrected chi connectivity index (χ1v) is 5.81. The first-order valence-electron chi connectivity index (χ1n) is 5.81. The van der Waals surface area contributed by atoms with Crippen molar-refractivity contribution in [1.82, 2.24) is 4.98 Å². The topological polar surface area (TPSA) is 101 Å². The van der Waals surface area contributed by atoms with Gasteiger partial charge in [-0.25, -0.2) is 4.98 Å². The highest BCUT2D eigenvalue weighted by molar-refractivity contribution is 5.74. The van der Waals surface area contributed by atoms with Crippen LogP contribution in [0.2, 0.25) is 0 Å². The molecule has 122 valence electrons. The molecule has 11 heteroatoms. The molecule has 0 spiro atoms. The second-order valence-corrected chi connectivity index (χ2v) is 3.74. The summed E-state index contributed by atoms with van der Waals surface area (Å²) in [5.41, 5.74) is -1.31. The van der Waals surface area contributed by atoms with Crippen LogP contribution in [0.15, 0.2) is 6.20 Å². The highest BCUT2D eigenvalue weighted by Gasteiger charge is 2.37. The van der Waals surface area contributed by atoms with Crippen molar-refractivity contribution in [2.75, 3.05) is 13.7 Å². The fourth-order valence-corrected chi connectivity index (χ4v) is 1.53. The molecule has 0 aliphatic rings. The second-order valence-electron chi connectivity index (χ2n) is 3.74. The van der Waals surface area contributed by atoms with Gasteiger partial charge >= 0.3 is 18.0 Å². The third-order valence-electron chi connectivity index (χ3n) is 2.28. The molecule has 0 saturated heterocycles. The molecule has 1 aromatic rings. The Kier molecular flexibility index (Phi) is 5.49. The molecule has 0 N–H and O–H groups in total. The van der Waals surface area contributed by atoms with E-state index in [1.165, 1.54) is 6.92 Å². The molecule has 0 atom stereocenters. The van der Waals surface area contributed by atoms with Crippen molar-refractivity contribution in [3.05, 3.63) is 22.0 Å². The van der Waals surface area contributed by atoms with E-state index < -0.39 is 46.6 Å². The van der Waals surface area contributed by atoms with E-state index in [1.54, 1.807) is 0 Å². The molecular weight excluding hydrogens is 313 g/mol. The minimum atomic E-state index is -5.15. The van der Waals surface area contributed by atoms with Crippen LogP contribution in [0.5, 0.6) is 11.5 Å². The number of nitrogens with zero attached hydrogens (tertiary/aromatic N) is 2. The molecule has 0 bridgehead atoms.